The summed E-state index contributed by atoms with van der Waals surface area (Å²) in [5.41, 5.74) is 4.36. The molecular formula is C15H15Cl2FN2O. The Morgan fingerprint density at radius 1 is 1.24 bits per heavy atom. The SMILES string of the molecule is COc1cc(C(Cc2cc(Cl)ccc2Cl)NN)ccc1F. The quantitative estimate of drug-likeness (QED) is 0.646. The number of nitrogens with one attached hydrogen (secondary N) is 1. The first-order valence-corrected chi connectivity index (χ1v) is 7.04. The van der Waals surface area contributed by atoms with Crippen molar-refractivity contribution in [2.75, 3.05) is 7.11 Å². The zero-order chi connectivity index (χ0) is 15.4. The predicted molar refractivity (Wildman–Crippen MR) is 83.2 cm³/mol. The first kappa shape index (κ1) is 16.0. The molecule has 0 fully saturated rings. The summed E-state index contributed by atoms with van der Waals surface area (Å²) in [7, 11) is 1.42. The van der Waals surface area contributed by atoms with Gasteiger partial charge in [0.2, 0.25) is 0 Å². The molecule has 1 unspecified atom stereocenters. The molecule has 0 aromatic heterocycles. The fourth-order valence-electron chi connectivity index (χ4n) is 2.09. The molecule has 3 N–H and O–H groups in total. The van der Waals surface area contributed by atoms with Crippen molar-refractivity contribution in [3.63, 3.8) is 0 Å². The van der Waals surface area contributed by atoms with Gasteiger partial charge in [-0.25, -0.2) is 4.39 Å². The third-order valence-corrected chi connectivity index (χ3v) is 3.81. The topological polar surface area (TPSA) is 47.3 Å². The Morgan fingerprint density at radius 3 is 2.67 bits per heavy atom. The van der Waals surface area contributed by atoms with Crippen molar-refractivity contribution in [1.29, 1.82) is 0 Å². The average Bonchev–Trinajstić information content (AvgIpc) is 2.49. The highest BCUT2D eigenvalue weighted by Crippen LogP contribution is 2.28. The lowest BCUT2D eigenvalue weighted by molar-refractivity contribution is 0.384. The molecule has 3 nitrogen and oxygen atoms in total. The van der Waals surface area contributed by atoms with E-state index in [-0.39, 0.29) is 11.8 Å². The van der Waals surface area contributed by atoms with Crippen molar-refractivity contribution in [2.45, 2.75) is 12.5 Å². The molecule has 2 rings (SSSR count). The number of benzene rings is 2. The van der Waals surface area contributed by atoms with E-state index >= 15 is 0 Å². The maximum atomic E-state index is 13.5. The van der Waals surface area contributed by atoms with Crippen LogP contribution in [0.15, 0.2) is 36.4 Å². The molecule has 0 bridgehead atoms. The molecule has 0 aliphatic heterocycles. The van der Waals surface area contributed by atoms with Crippen LogP contribution in [0.3, 0.4) is 0 Å². The van der Waals surface area contributed by atoms with Gasteiger partial charge in [0.1, 0.15) is 0 Å². The van der Waals surface area contributed by atoms with Crippen LogP contribution in [0.4, 0.5) is 4.39 Å². The summed E-state index contributed by atoms with van der Waals surface area (Å²) >= 11 is 12.1. The fourth-order valence-corrected chi connectivity index (χ4v) is 2.48. The van der Waals surface area contributed by atoms with E-state index in [0.717, 1.165) is 11.1 Å². The highest BCUT2D eigenvalue weighted by atomic mass is 35.5. The molecule has 0 aliphatic rings. The van der Waals surface area contributed by atoms with E-state index in [9.17, 15) is 4.39 Å². The molecule has 0 heterocycles. The van der Waals surface area contributed by atoms with E-state index in [1.54, 1.807) is 30.3 Å². The van der Waals surface area contributed by atoms with E-state index in [4.69, 9.17) is 33.8 Å². The fraction of sp³-hybridized carbons (Fsp3) is 0.200. The highest BCUT2D eigenvalue weighted by Gasteiger charge is 2.15. The Bertz CT molecular complexity index is 637. The molecule has 1 atom stereocenters. The molecule has 112 valence electrons. The van der Waals surface area contributed by atoms with Crippen LogP contribution in [0.25, 0.3) is 0 Å². The van der Waals surface area contributed by atoms with Gasteiger partial charge in [-0.3, -0.25) is 11.3 Å². The number of hydrazine groups is 1. The van der Waals surface area contributed by atoms with Gasteiger partial charge < -0.3 is 4.74 Å². The van der Waals surface area contributed by atoms with Gasteiger partial charge in [-0.05, 0) is 47.9 Å². The van der Waals surface area contributed by atoms with E-state index in [1.165, 1.54) is 13.2 Å². The summed E-state index contributed by atoms with van der Waals surface area (Å²) in [6, 6.07) is 9.61. The van der Waals surface area contributed by atoms with Gasteiger partial charge in [-0.1, -0.05) is 29.3 Å². The summed E-state index contributed by atoms with van der Waals surface area (Å²) in [6.45, 7) is 0. The van der Waals surface area contributed by atoms with Crippen molar-refractivity contribution < 1.29 is 9.13 Å². The summed E-state index contributed by atoms with van der Waals surface area (Å²) in [4.78, 5) is 0. The molecule has 2 aromatic carbocycles. The Morgan fingerprint density at radius 2 is 2.00 bits per heavy atom. The number of methoxy groups -OCH3 is 1. The minimum Gasteiger partial charge on any atom is -0.494 e. The van der Waals surface area contributed by atoms with E-state index in [2.05, 4.69) is 5.43 Å². The third-order valence-electron chi connectivity index (χ3n) is 3.21. The minimum atomic E-state index is -0.419. The number of hydrogen-bond donors (Lipinski definition) is 2. The second kappa shape index (κ2) is 7.09. The number of ether oxygens (including phenoxy) is 1. The van der Waals surface area contributed by atoms with Crippen LogP contribution in [-0.2, 0) is 6.42 Å². The number of rotatable bonds is 5. The molecule has 0 radical (unpaired) electrons. The highest BCUT2D eigenvalue weighted by molar-refractivity contribution is 6.33. The first-order chi connectivity index (χ1) is 10.0. The van der Waals surface area contributed by atoms with Crippen LogP contribution in [0.1, 0.15) is 17.2 Å². The molecule has 21 heavy (non-hydrogen) atoms. The van der Waals surface area contributed by atoms with Crippen molar-refractivity contribution >= 4 is 23.2 Å². The number of hydrogen-bond acceptors (Lipinski definition) is 3. The smallest absolute Gasteiger partial charge is 0.165 e. The molecule has 0 amide bonds. The summed E-state index contributed by atoms with van der Waals surface area (Å²) in [5.74, 6) is 5.36. The lowest BCUT2D eigenvalue weighted by Crippen LogP contribution is -2.29. The minimum absolute atomic E-state index is 0.171. The van der Waals surface area contributed by atoms with Crippen molar-refractivity contribution in [3.05, 3.63) is 63.4 Å². The van der Waals surface area contributed by atoms with Crippen molar-refractivity contribution in [3.8, 4) is 5.75 Å². The monoisotopic (exact) mass is 328 g/mol. The van der Waals surface area contributed by atoms with Crippen LogP contribution >= 0.6 is 23.2 Å². The summed E-state index contributed by atoms with van der Waals surface area (Å²) < 4.78 is 18.4. The first-order valence-electron chi connectivity index (χ1n) is 6.28. The third kappa shape index (κ3) is 3.86. The van der Waals surface area contributed by atoms with Gasteiger partial charge in [-0.15, -0.1) is 0 Å². The Balaban J connectivity index is 2.29. The van der Waals surface area contributed by atoms with Gasteiger partial charge in [0.05, 0.1) is 13.2 Å². The zero-order valence-corrected chi connectivity index (χ0v) is 12.9. The van der Waals surface area contributed by atoms with Gasteiger partial charge in [0, 0.05) is 10.0 Å². The van der Waals surface area contributed by atoms with Crippen LogP contribution in [-0.4, -0.2) is 7.11 Å². The largest absolute Gasteiger partial charge is 0.494 e. The van der Waals surface area contributed by atoms with Gasteiger partial charge >= 0.3 is 0 Å². The van der Waals surface area contributed by atoms with Crippen LogP contribution in [0.5, 0.6) is 5.75 Å². The Hall–Kier alpha value is -1.33. The van der Waals surface area contributed by atoms with Crippen molar-refractivity contribution in [1.82, 2.24) is 5.43 Å². The predicted octanol–water partition coefficient (Wildman–Crippen LogP) is 3.89. The number of halogens is 3. The van der Waals surface area contributed by atoms with Gasteiger partial charge in [-0.2, -0.15) is 0 Å². The van der Waals surface area contributed by atoms with E-state index in [0.29, 0.717) is 16.5 Å². The van der Waals surface area contributed by atoms with Gasteiger partial charge in [0.15, 0.2) is 11.6 Å². The lowest BCUT2D eigenvalue weighted by Gasteiger charge is -2.18. The van der Waals surface area contributed by atoms with Gasteiger partial charge in [0.25, 0.3) is 0 Å². The Kier molecular flexibility index (Phi) is 5.42. The maximum Gasteiger partial charge on any atom is 0.165 e. The molecule has 0 aliphatic carbocycles. The van der Waals surface area contributed by atoms with Crippen LogP contribution in [0.2, 0.25) is 10.0 Å². The van der Waals surface area contributed by atoms with E-state index in [1.807, 2.05) is 0 Å². The number of nitrogens with two attached hydrogens (primary N) is 1. The molecule has 2 aromatic rings. The summed E-state index contributed by atoms with van der Waals surface area (Å²) in [5, 5.41) is 1.20. The average molecular weight is 329 g/mol. The zero-order valence-electron chi connectivity index (χ0n) is 11.4. The molecule has 0 spiro atoms. The molecule has 0 saturated heterocycles. The molecule has 6 heteroatoms. The second-order valence-corrected chi connectivity index (χ2v) is 5.40. The summed E-state index contributed by atoms with van der Waals surface area (Å²) in [6.07, 6.45) is 0.519. The standard InChI is InChI=1S/C15H15Cl2FN2O/c1-21-15-8-9(2-5-13(15)18)14(20-19)7-10-6-11(16)3-4-12(10)17/h2-6,8,14,20H,7,19H2,1H3. The molecule has 0 saturated carbocycles. The van der Waals surface area contributed by atoms with E-state index < -0.39 is 5.82 Å². The van der Waals surface area contributed by atoms with Crippen LogP contribution < -0.4 is 16.0 Å². The normalized spacial score (nSPS) is 12.2. The van der Waals surface area contributed by atoms with Crippen LogP contribution in [0, 0.1) is 5.82 Å². The van der Waals surface area contributed by atoms with Crippen molar-refractivity contribution in [2.24, 2.45) is 5.84 Å². The molecular weight excluding hydrogens is 314 g/mol. The second-order valence-electron chi connectivity index (χ2n) is 4.55. The lowest BCUT2D eigenvalue weighted by atomic mass is 9.99. The Labute approximate surface area is 132 Å². The maximum absolute atomic E-state index is 13.5.